The van der Waals surface area contributed by atoms with Gasteiger partial charge in [0.05, 0.1) is 6.61 Å². The van der Waals surface area contributed by atoms with E-state index in [0.29, 0.717) is 0 Å². The molecule has 0 aliphatic heterocycles. The Balaban J connectivity index is 3.53. The smallest absolute Gasteiger partial charge is 0.264 e. The molecule has 34 heavy (non-hydrogen) atoms. The number of hydrogen-bond donors (Lipinski definition) is 1. The Morgan fingerprint density at radius 2 is 0.765 bits per heavy atom. The topological polar surface area (TPSA) is 63.6 Å². The summed E-state index contributed by atoms with van der Waals surface area (Å²) in [7, 11) is -4.32. The summed E-state index contributed by atoms with van der Waals surface area (Å²) in [6.45, 7) is 4.62. The summed E-state index contributed by atoms with van der Waals surface area (Å²) < 4.78 is 35.4. The van der Waals surface area contributed by atoms with Crippen molar-refractivity contribution in [1.29, 1.82) is 0 Å². The van der Waals surface area contributed by atoms with Gasteiger partial charge in [-0.25, -0.2) is 4.18 Å². The SMILES string of the molecule is CCCCCCCCCCCCCCCCCCCCC(CCCCCCC)COS(=O)(=O)O. The average molecular weight is 505 g/mol. The Kier molecular flexibility index (Phi) is 25.8. The monoisotopic (exact) mass is 504 g/mol. The van der Waals surface area contributed by atoms with Crippen LogP contribution in [0.25, 0.3) is 0 Å². The lowest BCUT2D eigenvalue weighted by Gasteiger charge is -2.16. The summed E-state index contributed by atoms with van der Waals surface area (Å²) >= 11 is 0. The van der Waals surface area contributed by atoms with Gasteiger partial charge in [0.2, 0.25) is 0 Å². The van der Waals surface area contributed by atoms with Gasteiger partial charge in [-0.2, -0.15) is 8.42 Å². The van der Waals surface area contributed by atoms with Crippen molar-refractivity contribution < 1.29 is 17.2 Å². The molecule has 0 amide bonds. The Morgan fingerprint density at radius 1 is 0.500 bits per heavy atom. The highest BCUT2D eigenvalue weighted by Gasteiger charge is 2.13. The zero-order valence-corrected chi connectivity index (χ0v) is 23.9. The van der Waals surface area contributed by atoms with Gasteiger partial charge in [0.15, 0.2) is 0 Å². The van der Waals surface area contributed by atoms with E-state index in [4.69, 9.17) is 4.55 Å². The van der Waals surface area contributed by atoms with Gasteiger partial charge in [0.1, 0.15) is 0 Å². The second kappa shape index (κ2) is 25.9. The molecular formula is C29H60O4S. The average Bonchev–Trinajstić information content (AvgIpc) is 2.80. The Bertz CT molecular complexity index is 492. The molecule has 206 valence electrons. The van der Waals surface area contributed by atoms with E-state index in [9.17, 15) is 8.42 Å². The molecule has 0 saturated heterocycles. The molecule has 1 unspecified atom stereocenters. The van der Waals surface area contributed by atoms with Gasteiger partial charge in [-0.1, -0.05) is 162 Å². The highest BCUT2D eigenvalue weighted by molar-refractivity contribution is 7.80. The maximum absolute atomic E-state index is 10.9. The first kappa shape index (κ1) is 33.9. The standard InChI is InChI=1S/C29H60O4S/c1-3-5-7-9-10-11-12-13-14-15-16-17-18-19-20-21-23-25-27-29(28-33-34(30,31)32)26-24-22-8-6-4-2/h29H,3-28H2,1-2H3,(H,30,31,32). The van der Waals surface area contributed by atoms with Gasteiger partial charge in [0.25, 0.3) is 0 Å². The van der Waals surface area contributed by atoms with Crippen LogP contribution in [0.5, 0.6) is 0 Å². The second-order valence-corrected chi connectivity index (χ2v) is 11.7. The van der Waals surface area contributed by atoms with Crippen molar-refractivity contribution in [2.24, 2.45) is 5.92 Å². The third kappa shape index (κ3) is 28.1. The fourth-order valence-corrected chi connectivity index (χ4v) is 5.23. The first-order chi connectivity index (χ1) is 16.5. The van der Waals surface area contributed by atoms with E-state index in [1.807, 2.05) is 0 Å². The fraction of sp³-hybridized carbons (Fsp3) is 1.00. The fourth-order valence-electron chi connectivity index (χ4n) is 4.86. The number of rotatable bonds is 28. The zero-order valence-electron chi connectivity index (χ0n) is 23.0. The van der Waals surface area contributed by atoms with E-state index >= 15 is 0 Å². The van der Waals surface area contributed by atoms with Crippen LogP contribution >= 0.6 is 0 Å². The maximum Gasteiger partial charge on any atom is 0.397 e. The molecule has 0 aromatic rings. The van der Waals surface area contributed by atoms with Crippen molar-refractivity contribution in [2.75, 3.05) is 6.61 Å². The predicted molar refractivity (Wildman–Crippen MR) is 148 cm³/mol. The quantitative estimate of drug-likeness (QED) is 0.0850. The van der Waals surface area contributed by atoms with Crippen LogP contribution in [0.3, 0.4) is 0 Å². The van der Waals surface area contributed by atoms with Gasteiger partial charge < -0.3 is 0 Å². The van der Waals surface area contributed by atoms with Crippen LogP contribution in [-0.4, -0.2) is 19.6 Å². The molecule has 0 radical (unpaired) electrons. The summed E-state index contributed by atoms with van der Waals surface area (Å²) in [5.74, 6) is 0.240. The van der Waals surface area contributed by atoms with E-state index < -0.39 is 10.4 Å². The molecule has 0 heterocycles. The van der Waals surface area contributed by atoms with Crippen molar-refractivity contribution in [3.05, 3.63) is 0 Å². The zero-order chi connectivity index (χ0) is 25.2. The van der Waals surface area contributed by atoms with Gasteiger partial charge in [0, 0.05) is 0 Å². The molecule has 0 aromatic heterocycles. The number of unbranched alkanes of at least 4 members (excludes halogenated alkanes) is 21. The van der Waals surface area contributed by atoms with Crippen LogP contribution in [0, 0.1) is 5.92 Å². The minimum absolute atomic E-state index is 0.131. The van der Waals surface area contributed by atoms with Gasteiger partial charge in [-0.15, -0.1) is 0 Å². The lowest BCUT2D eigenvalue weighted by Crippen LogP contribution is -2.14. The van der Waals surface area contributed by atoms with Crippen LogP contribution in [0.15, 0.2) is 0 Å². The molecule has 0 bridgehead atoms. The van der Waals surface area contributed by atoms with Crippen molar-refractivity contribution in [2.45, 2.75) is 174 Å². The molecule has 4 nitrogen and oxygen atoms in total. The van der Waals surface area contributed by atoms with Crippen molar-refractivity contribution in [3.63, 3.8) is 0 Å². The van der Waals surface area contributed by atoms with E-state index in [0.717, 1.165) is 25.7 Å². The summed E-state index contributed by atoms with van der Waals surface area (Å²) in [6, 6.07) is 0. The third-order valence-corrected chi connectivity index (χ3v) is 7.57. The van der Waals surface area contributed by atoms with Crippen molar-refractivity contribution in [1.82, 2.24) is 0 Å². The van der Waals surface area contributed by atoms with Crippen LogP contribution in [-0.2, 0) is 14.6 Å². The summed E-state index contributed by atoms with van der Waals surface area (Å²) in [4.78, 5) is 0. The summed E-state index contributed by atoms with van der Waals surface area (Å²) in [5, 5.41) is 0. The van der Waals surface area contributed by atoms with Gasteiger partial charge in [-0.3, -0.25) is 4.55 Å². The minimum atomic E-state index is -4.32. The van der Waals surface area contributed by atoms with E-state index in [2.05, 4.69) is 18.0 Å². The van der Waals surface area contributed by atoms with Gasteiger partial charge in [-0.05, 0) is 18.8 Å². The van der Waals surface area contributed by atoms with Crippen molar-refractivity contribution >= 4 is 10.4 Å². The lowest BCUT2D eigenvalue weighted by atomic mass is 9.95. The van der Waals surface area contributed by atoms with E-state index in [-0.39, 0.29) is 12.5 Å². The first-order valence-electron chi connectivity index (χ1n) is 15.1. The molecule has 1 atom stereocenters. The molecule has 0 saturated carbocycles. The normalized spacial score (nSPS) is 12.9. The Morgan fingerprint density at radius 3 is 1.03 bits per heavy atom. The molecule has 0 aliphatic carbocycles. The van der Waals surface area contributed by atoms with Crippen LogP contribution < -0.4 is 0 Å². The van der Waals surface area contributed by atoms with Gasteiger partial charge >= 0.3 is 10.4 Å². The molecule has 0 aliphatic rings. The third-order valence-electron chi connectivity index (χ3n) is 7.13. The molecule has 1 N–H and O–H groups in total. The molecule has 0 spiro atoms. The Hall–Kier alpha value is -0.130. The van der Waals surface area contributed by atoms with Crippen LogP contribution in [0.4, 0.5) is 0 Å². The second-order valence-electron chi connectivity index (χ2n) is 10.6. The summed E-state index contributed by atoms with van der Waals surface area (Å²) in [6.07, 6.45) is 32.8. The first-order valence-corrected chi connectivity index (χ1v) is 16.5. The minimum Gasteiger partial charge on any atom is -0.264 e. The molecule has 0 fully saturated rings. The van der Waals surface area contributed by atoms with Crippen LogP contribution in [0.2, 0.25) is 0 Å². The maximum atomic E-state index is 10.9. The van der Waals surface area contributed by atoms with E-state index in [1.165, 1.54) is 135 Å². The predicted octanol–water partition coefficient (Wildman–Crippen LogP) is 10.2. The highest BCUT2D eigenvalue weighted by Crippen LogP contribution is 2.20. The van der Waals surface area contributed by atoms with Crippen molar-refractivity contribution in [3.8, 4) is 0 Å². The molecule has 5 heteroatoms. The summed E-state index contributed by atoms with van der Waals surface area (Å²) in [5.41, 5.74) is 0. The Labute approximate surface area is 214 Å². The van der Waals surface area contributed by atoms with E-state index in [1.54, 1.807) is 0 Å². The highest BCUT2D eigenvalue weighted by atomic mass is 32.3. The molecular weight excluding hydrogens is 444 g/mol. The molecule has 0 rings (SSSR count). The van der Waals surface area contributed by atoms with Crippen LogP contribution in [0.1, 0.15) is 174 Å². The largest absolute Gasteiger partial charge is 0.397 e. The molecule has 0 aromatic carbocycles. The number of hydrogen-bond acceptors (Lipinski definition) is 3. The lowest BCUT2D eigenvalue weighted by molar-refractivity contribution is 0.204.